The number of phosphoric acid groups is 1. The number of rotatable bonds is 12. The minimum Gasteiger partial charge on any atom is -0.457 e. The molecule has 0 aromatic rings. The first-order valence-corrected chi connectivity index (χ1v) is 8.50. The number of phosphoric ester groups is 1. The molecule has 0 aliphatic rings. The van der Waals surface area contributed by atoms with Crippen molar-refractivity contribution < 1.29 is 47.8 Å². The summed E-state index contributed by atoms with van der Waals surface area (Å²) in [7, 11) is -4.54. The molecule has 0 spiro atoms. The SMILES string of the molecule is CCC(=O)OC(CO)COP(=O)(O)OCC(CO)OC(=O)CC. The molecule has 0 heterocycles. The third kappa shape index (κ3) is 10.4. The first kappa shape index (κ1) is 22.0. The van der Waals surface area contributed by atoms with Crippen LogP contribution in [0.3, 0.4) is 0 Å². The quantitative estimate of drug-likeness (QED) is 0.315. The Morgan fingerprint density at radius 2 is 1.26 bits per heavy atom. The number of esters is 2. The lowest BCUT2D eigenvalue weighted by molar-refractivity contribution is -0.153. The number of carbonyl (C=O) groups excluding carboxylic acids is 2. The first-order valence-electron chi connectivity index (χ1n) is 7.00. The van der Waals surface area contributed by atoms with Gasteiger partial charge in [-0.15, -0.1) is 0 Å². The van der Waals surface area contributed by atoms with Crippen molar-refractivity contribution in [2.24, 2.45) is 0 Å². The average molecular weight is 358 g/mol. The lowest BCUT2D eigenvalue weighted by atomic mass is 10.4. The smallest absolute Gasteiger partial charge is 0.457 e. The predicted molar refractivity (Wildman–Crippen MR) is 76.2 cm³/mol. The van der Waals surface area contributed by atoms with E-state index in [1.54, 1.807) is 13.8 Å². The summed E-state index contributed by atoms with van der Waals surface area (Å²) < 4.78 is 30.3. The van der Waals surface area contributed by atoms with E-state index >= 15 is 0 Å². The summed E-state index contributed by atoms with van der Waals surface area (Å²) in [6.07, 6.45) is -2.08. The standard InChI is InChI=1S/C12H23O10P/c1-3-11(15)21-9(5-13)7-19-23(17,18)20-8-10(6-14)22-12(16)4-2/h9-10,13-14H,3-8H2,1-2H3,(H,17,18). The second-order valence-electron chi connectivity index (χ2n) is 4.36. The van der Waals surface area contributed by atoms with E-state index in [1.807, 2.05) is 0 Å². The van der Waals surface area contributed by atoms with Gasteiger partial charge in [-0.2, -0.15) is 0 Å². The number of carbonyl (C=O) groups is 2. The molecule has 0 saturated carbocycles. The van der Waals surface area contributed by atoms with Crippen molar-refractivity contribution in [1.82, 2.24) is 0 Å². The Morgan fingerprint density at radius 3 is 1.52 bits per heavy atom. The number of hydrogen-bond donors (Lipinski definition) is 3. The van der Waals surface area contributed by atoms with E-state index in [0.29, 0.717) is 0 Å². The van der Waals surface area contributed by atoms with Crippen LogP contribution in [0, 0.1) is 0 Å². The maximum Gasteiger partial charge on any atom is 0.472 e. The Kier molecular flexibility index (Phi) is 11.0. The van der Waals surface area contributed by atoms with Gasteiger partial charge in [-0.25, -0.2) is 4.57 Å². The molecule has 0 aliphatic heterocycles. The van der Waals surface area contributed by atoms with Crippen LogP contribution in [0.25, 0.3) is 0 Å². The van der Waals surface area contributed by atoms with E-state index in [9.17, 15) is 19.0 Å². The fourth-order valence-electron chi connectivity index (χ4n) is 1.18. The summed E-state index contributed by atoms with van der Waals surface area (Å²) in [5, 5.41) is 18.0. The van der Waals surface area contributed by atoms with Gasteiger partial charge in [-0.1, -0.05) is 13.8 Å². The fraction of sp³-hybridized carbons (Fsp3) is 0.833. The summed E-state index contributed by atoms with van der Waals surface area (Å²) in [6.45, 7) is 0.774. The van der Waals surface area contributed by atoms with Gasteiger partial charge in [0.05, 0.1) is 26.4 Å². The Bertz CT molecular complexity index is 379. The third-order valence-corrected chi connectivity index (χ3v) is 3.38. The van der Waals surface area contributed by atoms with E-state index in [0.717, 1.165) is 0 Å². The van der Waals surface area contributed by atoms with Crippen LogP contribution in [-0.2, 0) is 32.7 Å². The van der Waals surface area contributed by atoms with E-state index in [4.69, 9.17) is 19.7 Å². The minimum absolute atomic E-state index is 0.0742. The van der Waals surface area contributed by atoms with Gasteiger partial charge < -0.3 is 24.6 Å². The first-order chi connectivity index (χ1) is 10.8. The molecule has 0 rings (SSSR count). The van der Waals surface area contributed by atoms with Gasteiger partial charge in [0.15, 0.2) is 0 Å². The van der Waals surface area contributed by atoms with Crippen molar-refractivity contribution in [3.8, 4) is 0 Å². The van der Waals surface area contributed by atoms with Crippen molar-refractivity contribution in [2.75, 3.05) is 26.4 Å². The number of aliphatic hydroxyl groups excluding tert-OH is 2. The maximum absolute atomic E-state index is 11.6. The molecule has 0 aromatic heterocycles. The number of ether oxygens (including phenoxy) is 2. The zero-order chi connectivity index (χ0) is 17.9. The number of hydrogen-bond acceptors (Lipinski definition) is 9. The summed E-state index contributed by atoms with van der Waals surface area (Å²) in [6, 6.07) is 0. The van der Waals surface area contributed by atoms with Gasteiger partial charge in [0.2, 0.25) is 0 Å². The molecule has 0 aromatic carbocycles. The molecule has 11 heteroatoms. The summed E-state index contributed by atoms with van der Waals surface area (Å²) in [5.41, 5.74) is 0. The molecule has 0 bridgehead atoms. The van der Waals surface area contributed by atoms with E-state index in [2.05, 4.69) is 9.05 Å². The molecule has 23 heavy (non-hydrogen) atoms. The molecule has 2 atom stereocenters. The second-order valence-corrected chi connectivity index (χ2v) is 5.81. The monoisotopic (exact) mass is 358 g/mol. The van der Waals surface area contributed by atoms with Crippen molar-refractivity contribution in [3.63, 3.8) is 0 Å². The summed E-state index contributed by atoms with van der Waals surface area (Å²) >= 11 is 0. The van der Waals surface area contributed by atoms with E-state index < -0.39 is 58.4 Å². The largest absolute Gasteiger partial charge is 0.472 e. The maximum atomic E-state index is 11.6. The van der Waals surface area contributed by atoms with Crippen molar-refractivity contribution in [1.29, 1.82) is 0 Å². The lowest BCUT2D eigenvalue weighted by Gasteiger charge is -2.20. The summed E-state index contributed by atoms with van der Waals surface area (Å²) in [5.74, 6) is -1.21. The minimum atomic E-state index is -4.54. The van der Waals surface area contributed by atoms with Gasteiger partial charge in [-0.05, 0) is 0 Å². The van der Waals surface area contributed by atoms with Gasteiger partial charge >= 0.3 is 19.8 Å². The van der Waals surface area contributed by atoms with Crippen LogP contribution in [-0.4, -0.2) is 65.7 Å². The molecule has 136 valence electrons. The van der Waals surface area contributed by atoms with Crippen LogP contribution in [0.2, 0.25) is 0 Å². The molecular weight excluding hydrogens is 335 g/mol. The van der Waals surface area contributed by atoms with Crippen LogP contribution in [0.5, 0.6) is 0 Å². The Hall–Kier alpha value is -1.03. The van der Waals surface area contributed by atoms with E-state index in [1.165, 1.54) is 0 Å². The highest BCUT2D eigenvalue weighted by molar-refractivity contribution is 7.47. The van der Waals surface area contributed by atoms with Crippen molar-refractivity contribution in [2.45, 2.75) is 38.9 Å². The highest BCUT2D eigenvalue weighted by atomic mass is 31.2. The summed E-state index contributed by atoms with van der Waals surface area (Å²) in [4.78, 5) is 31.6. The normalized spacial score (nSPS) is 16.2. The third-order valence-electron chi connectivity index (χ3n) is 2.43. The number of aliphatic hydroxyl groups is 2. The van der Waals surface area contributed by atoms with Gasteiger partial charge in [-0.3, -0.25) is 18.6 Å². The molecular formula is C12H23O10P. The average Bonchev–Trinajstić information content (AvgIpc) is 2.54. The Morgan fingerprint density at radius 1 is 0.913 bits per heavy atom. The van der Waals surface area contributed by atoms with Crippen LogP contribution in [0.4, 0.5) is 0 Å². The lowest BCUT2D eigenvalue weighted by Crippen LogP contribution is -2.28. The predicted octanol–water partition coefficient (Wildman–Crippen LogP) is -0.252. The van der Waals surface area contributed by atoms with Crippen molar-refractivity contribution in [3.05, 3.63) is 0 Å². The molecule has 0 radical (unpaired) electrons. The van der Waals surface area contributed by atoms with Crippen molar-refractivity contribution >= 4 is 19.8 Å². The van der Waals surface area contributed by atoms with E-state index in [-0.39, 0.29) is 12.8 Å². The van der Waals surface area contributed by atoms with Crippen LogP contribution in [0.1, 0.15) is 26.7 Å². The Labute approximate surface area is 133 Å². The molecule has 0 fully saturated rings. The van der Waals surface area contributed by atoms with Crippen LogP contribution in [0.15, 0.2) is 0 Å². The van der Waals surface area contributed by atoms with Gasteiger partial charge in [0.25, 0.3) is 0 Å². The molecule has 0 aliphatic carbocycles. The fourth-order valence-corrected chi connectivity index (χ4v) is 1.96. The molecule has 3 N–H and O–H groups in total. The molecule has 10 nitrogen and oxygen atoms in total. The molecule has 0 amide bonds. The second kappa shape index (κ2) is 11.5. The zero-order valence-electron chi connectivity index (χ0n) is 13.0. The van der Waals surface area contributed by atoms with Gasteiger partial charge in [0, 0.05) is 12.8 Å². The molecule has 0 saturated heterocycles. The highest BCUT2D eigenvalue weighted by Gasteiger charge is 2.27. The van der Waals surface area contributed by atoms with Gasteiger partial charge in [0.1, 0.15) is 12.2 Å². The zero-order valence-corrected chi connectivity index (χ0v) is 13.9. The molecule has 2 unspecified atom stereocenters. The topological polar surface area (TPSA) is 149 Å². The highest BCUT2D eigenvalue weighted by Crippen LogP contribution is 2.43. The van der Waals surface area contributed by atoms with Crippen LogP contribution >= 0.6 is 7.82 Å². The van der Waals surface area contributed by atoms with Crippen LogP contribution < -0.4 is 0 Å². The Balaban J connectivity index is 4.32.